The Morgan fingerprint density at radius 3 is 2.73 bits per heavy atom. The van der Waals surface area contributed by atoms with Crippen LogP contribution in [0.5, 0.6) is 5.75 Å². The largest absolute Gasteiger partial charge is 0.497 e. The molecule has 1 heterocycles. The molecule has 1 aromatic carbocycles. The van der Waals surface area contributed by atoms with Gasteiger partial charge in [-0.05, 0) is 30.5 Å². The van der Waals surface area contributed by atoms with Gasteiger partial charge in [-0.25, -0.2) is 0 Å². The summed E-state index contributed by atoms with van der Waals surface area (Å²) < 4.78 is 16.9. The van der Waals surface area contributed by atoms with Crippen molar-refractivity contribution >= 4 is 5.91 Å². The Labute approximate surface area is 130 Å². The quantitative estimate of drug-likeness (QED) is 0.904. The Kier molecular flexibility index (Phi) is 4.64. The first kappa shape index (κ1) is 15.3. The third-order valence-electron chi connectivity index (χ3n) is 4.33. The van der Waals surface area contributed by atoms with Crippen molar-refractivity contribution in [1.82, 2.24) is 5.32 Å². The monoisotopic (exact) mass is 305 g/mol. The van der Waals surface area contributed by atoms with Gasteiger partial charge < -0.3 is 19.5 Å². The highest BCUT2D eigenvalue weighted by Crippen LogP contribution is 2.38. The normalized spacial score (nSPS) is 22.9. The summed E-state index contributed by atoms with van der Waals surface area (Å²) in [6.45, 7) is 1.08. The molecule has 1 atom stereocenters. The molecule has 3 rings (SSSR count). The summed E-state index contributed by atoms with van der Waals surface area (Å²) in [6.07, 6.45) is 4.61. The number of nitrogens with one attached hydrogen (secondary N) is 1. The first-order valence-corrected chi connectivity index (χ1v) is 7.90. The van der Waals surface area contributed by atoms with E-state index in [-0.39, 0.29) is 17.8 Å². The number of methoxy groups -OCH3 is 1. The van der Waals surface area contributed by atoms with Crippen LogP contribution in [0, 0.1) is 0 Å². The summed E-state index contributed by atoms with van der Waals surface area (Å²) in [6, 6.07) is 7.53. The first-order valence-electron chi connectivity index (χ1n) is 7.90. The number of hydrogen-bond acceptors (Lipinski definition) is 4. The molecule has 0 unspecified atom stereocenters. The molecule has 0 bridgehead atoms. The van der Waals surface area contributed by atoms with E-state index < -0.39 is 0 Å². The Morgan fingerprint density at radius 1 is 1.32 bits per heavy atom. The molecule has 1 saturated carbocycles. The lowest BCUT2D eigenvalue weighted by Gasteiger charge is -2.21. The average Bonchev–Trinajstić information content (AvgIpc) is 3.16. The number of amides is 1. The van der Waals surface area contributed by atoms with Crippen LogP contribution >= 0.6 is 0 Å². The fourth-order valence-corrected chi connectivity index (χ4v) is 3.11. The first-order chi connectivity index (χ1) is 10.7. The number of carbonyl (C=O) groups is 1. The summed E-state index contributed by atoms with van der Waals surface area (Å²) in [5.41, 5.74) is 0.967. The highest BCUT2D eigenvalue weighted by Gasteiger charge is 2.43. The van der Waals surface area contributed by atoms with Gasteiger partial charge in [0.2, 0.25) is 5.91 Å². The molecule has 0 radical (unpaired) electrons. The standard InChI is InChI=1S/C17H23NO4/c1-20-14-6-4-13(5-7-14)10-16(19)18-11-15-12-21-17(22-15)8-2-3-9-17/h4-7,15H,2-3,8-12H2,1H3,(H,18,19)/t15-/m1/s1. The molecule has 5 nitrogen and oxygen atoms in total. The molecule has 1 spiro atoms. The number of hydrogen-bond donors (Lipinski definition) is 1. The van der Waals surface area contributed by atoms with Crippen molar-refractivity contribution in [2.24, 2.45) is 0 Å². The van der Waals surface area contributed by atoms with Gasteiger partial charge in [-0.15, -0.1) is 0 Å². The van der Waals surface area contributed by atoms with Crippen molar-refractivity contribution < 1.29 is 19.0 Å². The molecule has 1 N–H and O–H groups in total. The van der Waals surface area contributed by atoms with E-state index >= 15 is 0 Å². The van der Waals surface area contributed by atoms with E-state index in [1.165, 1.54) is 0 Å². The van der Waals surface area contributed by atoms with Crippen molar-refractivity contribution in [2.45, 2.75) is 44.0 Å². The van der Waals surface area contributed by atoms with Crippen molar-refractivity contribution in [3.63, 3.8) is 0 Å². The van der Waals surface area contributed by atoms with Crippen molar-refractivity contribution in [1.29, 1.82) is 0 Å². The Bertz CT molecular complexity index is 508. The molecule has 0 aromatic heterocycles. The number of rotatable bonds is 5. The molecule has 120 valence electrons. The SMILES string of the molecule is COc1ccc(CC(=O)NC[C@@H]2COC3(CCCC3)O2)cc1. The van der Waals surface area contributed by atoms with Crippen LogP contribution in [0.25, 0.3) is 0 Å². The fraction of sp³-hybridized carbons (Fsp3) is 0.588. The van der Waals surface area contributed by atoms with Gasteiger partial charge in [0.25, 0.3) is 0 Å². The van der Waals surface area contributed by atoms with E-state index in [1.54, 1.807) is 7.11 Å². The zero-order chi connectivity index (χ0) is 15.4. The van der Waals surface area contributed by atoms with E-state index in [2.05, 4.69) is 5.32 Å². The number of carbonyl (C=O) groups excluding carboxylic acids is 1. The van der Waals surface area contributed by atoms with Gasteiger partial charge in [0, 0.05) is 19.4 Å². The Hall–Kier alpha value is -1.59. The van der Waals surface area contributed by atoms with E-state index in [0.717, 1.165) is 37.0 Å². The van der Waals surface area contributed by atoms with Crippen LogP contribution in [0.15, 0.2) is 24.3 Å². The third kappa shape index (κ3) is 3.59. The molecule has 1 aliphatic carbocycles. The van der Waals surface area contributed by atoms with Gasteiger partial charge in [0.05, 0.1) is 20.1 Å². The van der Waals surface area contributed by atoms with Crippen LogP contribution in [0.1, 0.15) is 31.2 Å². The Morgan fingerprint density at radius 2 is 2.05 bits per heavy atom. The summed E-state index contributed by atoms with van der Waals surface area (Å²) in [5, 5.41) is 2.93. The van der Waals surface area contributed by atoms with Crippen LogP contribution < -0.4 is 10.1 Å². The van der Waals surface area contributed by atoms with Gasteiger partial charge in [-0.1, -0.05) is 12.1 Å². The topological polar surface area (TPSA) is 56.8 Å². The van der Waals surface area contributed by atoms with Gasteiger partial charge in [-0.3, -0.25) is 4.79 Å². The molecule has 2 fully saturated rings. The lowest BCUT2D eigenvalue weighted by atomic mass is 10.1. The molecule has 1 aliphatic heterocycles. The molecular weight excluding hydrogens is 282 g/mol. The maximum Gasteiger partial charge on any atom is 0.224 e. The molecule has 1 amide bonds. The van der Waals surface area contributed by atoms with Gasteiger partial charge >= 0.3 is 0 Å². The van der Waals surface area contributed by atoms with Crippen molar-refractivity contribution in [3.05, 3.63) is 29.8 Å². The summed E-state index contributed by atoms with van der Waals surface area (Å²) in [4.78, 5) is 12.0. The summed E-state index contributed by atoms with van der Waals surface area (Å²) >= 11 is 0. The maximum atomic E-state index is 12.0. The van der Waals surface area contributed by atoms with Crippen LogP contribution in [-0.2, 0) is 20.7 Å². The van der Waals surface area contributed by atoms with E-state index in [9.17, 15) is 4.79 Å². The lowest BCUT2D eigenvalue weighted by Crippen LogP contribution is -2.35. The highest BCUT2D eigenvalue weighted by molar-refractivity contribution is 5.78. The fourth-order valence-electron chi connectivity index (χ4n) is 3.11. The van der Waals surface area contributed by atoms with Crippen molar-refractivity contribution in [2.75, 3.05) is 20.3 Å². The minimum atomic E-state index is -0.356. The number of benzene rings is 1. The molecule has 1 saturated heterocycles. The minimum absolute atomic E-state index is 0.00105. The van der Waals surface area contributed by atoms with E-state index in [1.807, 2.05) is 24.3 Å². The van der Waals surface area contributed by atoms with Gasteiger partial charge in [-0.2, -0.15) is 0 Å². The maximum absolute atomic E-state index is 12.0. The highest BCUT2D eigenvalue weighted by atomic mass is 16.7. The van der Waals surface area contributed by atoms with E-state index in [0.29, 0.717) is 19.6 Å². The van der Waals surface area contributed by atoms with Gasteiger partial charge in [0.1, 0.15) is 11.9 Å². The molecule has 5 heteroatoms. The smallest absolute Gasteiger partial charge is 0.224 e. The molecule has 22 heavy (non-hydrogen) atoms. The van der Waals surface area contributed by atoms with Crippen molar-refractivity contribution in [3.8, 4) is 5.75 Å². The second kappa shape index (κ2) is 6.67. The Balaban J connectivity index is 1.42. The van der Waals surface area contributed by atoms with Crippen LogP contribution in [0.3, 0.4) is 0 Å². The van der Waals surface area contributed by atoms with Crippen LogP contribution in [0.2, 0.25) is 0 Å². The zero-order valence-corrected chi connectivity index (χ0v) is 13.0. The second-order valence-electron chi connectivity index (χ2n) is 6.00. The predicted octanol–water partition coefficient (Wildman–Crippen LogP) is 2.04. The molecule has 2 aliphatic rings. The summed E-state index contributed by atoms with van der Waals surface area (Å²) in [7, 11) is 1.63. The predicted molar refractivity (Wildman–Crippen MR) is 81.7 cm³/mol. The second-order valence-corrected chi connectivity index (χ2v) is 6.00. The molecule has 1 aromatic rings. The number of ether oxygens (including phenoxy) is 3. The van der Waals surface area contributed by atoms with Crippen LogP contribution in [0.4, 0.5) is 0 Å². The van der Waals surface area contributed by atoms with Crippen LogP contribution in [-0.4, -0.2) is 38.1 Å². The molecular formula is C17H23NO4. The summed E-state index contributed by atoms with van der Waals surface area (Å²) in [5.74, 6) is 0.439. The lowest BCUT2D eigenvalue weighted by molar-refractivity contribution is -0.161. The minimum Gasteiger partial charge on any atom is -0.497 e. The average molecular weight is 305 g/mol. The van der Waals surface area contributed by atoms with E-state index in [4.69, 9.17) is 14.2 Å². The third-order valence-corrected chi connectivity index (χ3v) is 4.33. The van der Waals surface area contributed by atoms with Gasteiger partial charge in [0.15, 0.2) is 5.79 Å². The zero-order valence-electron chi connectivity index (χ0n) is 13.0.